The van der Waals surface area contributed by atoms with E-state index in [-0.39, 0.29) is 5.91 Å². The maximum Gasteiger partial charge on any atom is 0.248 e. The van der Waals surface area contributed by atoms with Gasteiger partial charge in [0.15, 0.2) is 0 Å². The van der Waals surface area contributed by atoms with Gasteiger partial charge in [-0.3, -0.25) is 4.79 Å². The number of carbonyl (C=O) groups is 1. The number of carbonyl (C=O) groups excluding carboxylic acids is 1. The lowest BCUT2D eigenvalue weighted by Gasteiger charge is -2.14. The van der Waals surface area contributed by atoms with Crippen molar-refractivity contribution in [2.45, 2.75) is 19.9 Å². The molecule has 0 bridgehead atoms. The smallest absolute Gasteiger partial charge is 0.248 e. The molecule has 3 nitrogen and oxygen atoms in total. The Morgan fingerprint density at radius 3 is 2.86 bits per heavy atom. The molecule has 0 spiro atoms. The third-order valence-corrected chi connectivity index (χ3v) is 2.66. The van der Waals surface area contributed by atoms with Crippen molar-refractivity contribution in [1.29, 1.82) is 0 Å². The van der Waals surface area contributed by atoms with Crippen LogP contribution in [0.15, 0.2) is 18.2 Å². The van der Waals surface area contributed by atoms with Gasteiger partial charge in [-0.15, -0.1) is 0 Å². The first kappa shape index (κ1) is 9.21. The summed E-state index contributed by atoms with van der Waals surface area (Å²) < 4.78 is 0. The predicted molar refractivity (Wildman–Crippen MR) is 56.1 cm³/mol. The number of benzene rings is 1. The van der Waals surface area contributed by atoms with Gasteiger partial charge in [0, 0.05) is 17.8 Å². The summed E-state index contributed by atoms with van der Waals surface area (Å²) in [6, 6.07) is 5.50. The highest BCUT2D eigenvalue weighted by Gasteiger charge is 2.33. The summed E-state index contributed by atoms with van der Waals surface area (Å²) >= 11 is 0. The molecule has 0 aromatic heterocycles. The molecule has 1 aliphatic rings. The highest BCUT2D eigenvalue weighted by atomic mass is 16.2. The predicted octanol–water partition coefficient (Wildman–Crippen LogP) is 1.36. The zero-order valence-corrected chi connectivity index (χ0v) is 8.45. The number of fused-ring (bicyclic) bond motifs is 1. The lowest BCUT2D eigenvalue weighted by molar-refractivity contribution is -0.119. The van der Waals surface area contributed by atoms with Crippen LogP contribution in [0.4, 0.5) is 5.69 Å². The Bertz CT molecular complexity index is 387. The number of nitrogens with zero attached hydrogens (tertiary/aromatic N) is 1. The minimum absolute atomic E-state index is 0.00750. The van der Waals surface area contributed by atoms with Crippen molar-refractivity contribution in [1.82, 2.24) is 0 Å². The number of hydrogen-bond donors (Lipinski definition) is 1. The average molecular weight is 190 g/mol. The fourth-order valence-corrected chi connectivity index (χ4v) is 1.91. The summed E-state index contributed by atoms with van der Waals surface area (Å²) in [6.07, 6.45) is 0. The van der Waals surface area contributed by atoms with Crippen LogP contribution in [-0.4, -0.2) is 12.5 Å². The number of rotatable bonds is 1. The number of hydrogen-bond acceptors (Lipinski definition) is 2. The second-order valence-electron chi connectivity index (χ2n) is 3.62. The van der Waals surface area contributed by atoms with E-state index in [0.717, 1.165) is 16.8 Å². The first-order chi connectivity index (χ1) is 6.65. The Labute approximate surface area is 83.5 Å². The Balaban J connectivity index is 2.55. The number of amides is 1. The van der Waals surface area contributed by atoms with Gasteiger partial charge >= 0.3 is 0 Å². The maximum absolute atomic E-state index is 11.7. The average Bonchev–Trinajstić information content (AvgIpc) is 2.41. The van der Waals surface area contributed by atoms with E-state index in [9.17, 15) is 4.79 Å². The molecular weight excluding hydrogens is 176 g/mol. The molecule has 1 aromatic rings. The van der Waals surface area contributed by atoms with Gasteiger partial charge in [-0.05, 0) is 19.9 Å². The summed E-state index contributed by atoms with van der Waals surface area (Å²) in [5.41, 5.74) is 8.90. The minimum Gasteiger partial charge on any atom is -0.316 e. The fourth-order valence-electron chi connectivity index (χ4n) is 1.91. The van der Waals surface area contributed by atoms with Gasteiger partial charge in [-0.2, -0.15) is 0 Å². The molecule has 74 valence electrons. The molecular formula is C11H14N2O. The summed E-state index contributed by atoms with van der Waals surface area (Å²) in [5.74, 6) is 0.00750. The molecule has 3 heteroatoms. The maximum atomic E-state index is 11.7. The van der Waals surface area contributed by atoms with Gasteiger partial charge in [-0.25, -0.2) is 0 Å². The van der Waals surface area contributed by atoms with Crippen LogP contribution in [0.5, 0.6) is 0 Å². The van der Waals surface area contributed by atoms with E-state index in [2.05, 4.69) is 0 Å². The Morgan fingerprint density at radius 2 is 2.21 bits per heavy atom. The molecule has 1 aromatic carbocycles. The summed E-state index contributed by atoms with van der Waals surface area (Å²) in [7, 11) is 0. The Hall–Kier alpha value is -1.35. The fraction of sp³-hybridized carbons (Fsp3) is 0.364. The van der Waals surface area contributed by atoms with Crippen LogP contribution in [0, 0.1) is 6.92 Å². The molecule has 0 fully saturated rings. The van der Waals surface area contributed by atoms with Crippen LogP contribution in [0.2, 0.25) is 0 Å². The minimum atomic E-state index is -0.468. The van der Waals surface area contributed by atoms with Gasteiger partial charge in [0.25, 0.3) is 0 Å². The molecule has 0 radical (unpaired) electrons. The molecule has 1 amide bonds. The topological polar surface area (TPSA) is 46.3 Å². The summed E-state index contributed by atoms with van der Waals surface area (Å²) in [4.78, 5) is 13.4. The molecule has 1 heterocycles. The first-order valence-electron chi connectivity index (χ1n) is 4.82. The SMILES string of the molecule is CCN1C(=O)C(N)c2cc(C)ccc21. The number of anilines is 1. The molecule has 0 aliphatic carbocycles. The van der Waals surface area contributed by atoms with E-state index < -0.39 is 6.04 Å². The van der Waals surface area contributed by atoms with Crippen LogP contribution >= 0.6 is 0 Å². The van der Waals surface area contributed by atoms with E-state index in [0.29, 0.717) is 6.54 Å². The molecule has 0 saturated carbocycles. The molecule has 2 rings (SSSR count). The van der Waals surface area contributed by atoms with Crippen LogP contribution in [-0.2, 0) is 4.79 Å². The van der Waals surface area contributed by atoms with E-state index in [4.69, 9.17) is 5.73 Å². The third-order valence-electron chi connectivity index (χ3n) is 2.66. The van der Waals surface area contributed by atoms with E-state index >= 15 is 0 Å². The third kappa shape index (κ3) is 1.13. The van der Waals surface area contributed by atoms with Crippen molar-refractivity contribution in [3.8, 4) is 0 Å². The molecule has 1 atom stereocenters. The number of nitrogens with two attached hydrogens (primary N) is 1. The molecule has 1 unspecified atom stereocenters. The van der Waals surface area contributed by atoms with Crippen molar-refractivity contribution >= 4 is 11.6 Å². The lowest BCUT2D eigenvalue weighted by Crippen LogP contribution is -2.31. The lowest BCUT2D eigenvalue weighted by atomic mass is 10.1. The van der Waals surface area contributed by atoms with Crippen molar-refractivity contribution in [2.75, 3.05) is 11.4 Å². The highest BCUT2D eigenvalue weighted by Crippen LogP contribution is 2.34. The number of aryl methyl sites for hydroxylation is 1. The summed E-state index contributed by atoms with van der Waals surface area (Å²) in [6.45, 7) is 4.65. The second kappa shape index (κ2) is 3.10. The zero-order chi connectivity index (χ0) is 10.3. The Morgan fingerprint density at radius 1 is 1.50 bits per heavy atom. The first-order valence-corrected chi connectivity index (χ1v) is 4.82. The Kier molecular flexibility index (Phi) is 2.04. The van der Waals surface area contributed by atoms with Gasteiger partial charge in [0.1, 0.15) is 6.04 Å². The highest BCUT2D eigenvalue weighted by molar-refractivity contribution is 6.04. The molecule has 2 N–H and O–H groups in total. The molecule has 14 heavy (non-hydrogen) atoms. The van der Waals surface area contributed by atoms with Crippen LogP contribution < -0.4 is 10.6 Å². The van der Waals surface area contributed by atoms with Gasteiger partial charge < -0.3 is 10.6 Å². The van der Waals surface area contributed by atoms with Gasteiger partial charge in [-0.1, -0.05) is 17.7 Å². The van der Waals surface area contributed by atoms with Crippen molar-refractivity contribution in [3.05, 3.63) is 29.3 Å². The van der Waals surface area contributed by atoms with E-state index in [1.807, 2.05) is 32.0 Å². The normalized spacial score (nSPS) is 20.1. The van der Waals surface area contributed by atoms with Crippen LogP contribution in [0.1, 0.15) is 24.1 Å². The number of likely N-dealkylation sites (N-methyl/N-ethyl adjacent to an activating group) is 1. The van der Waals surface area contributed by atoms with E-state index in [1.54, 1.807) is 4.90 Å². The van der Waals surface area contributed by atoms with Crippen molar-refractivity contribution in [3.63, 3.8) is 0 Å². The monoisotopic (exact) mass is 190 g/mol. The quantitative estimate of drug-likeness (QED) is 0.726. The molecule has 1 aliphatic heterocycles. The van der Waals surface area contributed by atoms with Crippen molar-refractivity contribution in [2.24, 2.45) is 5.73 Å². The van der Waals surface area contributed by atoms with Gasteiger partial charge in [0.05, 0.1) is 0 Å². The summed E-state index contributed by atoms with van der Waals surface area (Å²) in [5, 5.41) is 0. The van der Waals surface area contributed by atoms with E-state index in [1.165, 1.54) is 0 Å². The largest absolute Gasteiger partial charge is 0.316 e. The van der Waals surface area contributed by atoms with Gasteiger partial charge in [0.2, 0.25) is 5.91 Å². The van der Waals surface area contributed by atoms with Crippen LogP contribution in [0.25, 0.3) is 0 Å². The standard InChI is InChI=1S/C11H14N2O/c1-3-13-9-5-4-7(2)6-8(9)10(12)11(13)14/h4-6,10H,3,12H2,1-2H3. The zero-order valence-electron chi connectivity index (χ0n) is 8.45. The van der Waals surface area contributed by atoms with Crippen LogP contribution in [0.3, 0.4) is 0 Å². The van der Waals surface area contributed by atoms with Crippen molar-refractivity contribution < 1.29 is 4.79 Å². The second-order valence-corrected chi connectivity index (χ2v) is 3.62. The molecule has 0 saturated heterocycles.